The van der Waals surface area contributed by atoms with Gasteiger partial charge in [0.25, 0.3) is 11.8 Å². The monoisotopic (exact) mass is 808 g/mol. The molecule has 1 atom stereocenters. The minimum absolute atomic E-state index is 0.0225. The van der Waals surface area contributed by atoms with E-state index in [2.05, 4.69) is 25.1 Å². The predicted molar refractivity (Wildman–Crippen MR) is 220 cm³/mol. The number of rotatable bonds is 8. The summed E-state index contributed by atoms with van der Waals surface area (Å²) in [6, 6.07) is 22.1. The van der Waals surface area contributed by atoms with Crippen molar-refractivity contribution in [2.75, 3.05) is 49.9 Å². The zero-order valence-electron chi connectivity index (χ0n) is 32.9. The van der Waals surface area contributed by atoms with Crippen LogP contribution in [0.25, 0.3) is 22.3 Å². The number of nitrogens with zero attached hydrogens (tertiary/aromatic N) is 8. The number of nitrogens with one attached hydrogen (secondary N) is 1. The molecule has 16 heteroatoms. The number of para-hydroxylation sites is 1. The quantitative estimate of drug-likeness (QED) is 0.215. The van der Waals surface area contributed by atoms with Gasteiger partial charge in [0.1, 0.15) is 35.4 Å². The highest BCUT2D eigenvalue weighted by atomic mass is 16.5. The van der Waals surface area contributed by atoms with Crippen LogP contribution in [0.4, 0.5) is 11.5 Å². The van der Waals surface area contributed by atoms with Crippen molar-refractivity contribution < 1.29 is 28.7 Å². The van der Waals surface area contributed by atoms with Crippen LogP contribution in [0.5, 0.6) is 11.5 Å². The van der Waals surface area contributed by atoms with Gasteiger partial charge in [-0.3, -0.25) is 39.1 Å². The Hall–Kier alpha value is -6.68. The molecule has 60 heavy (non-hydrogen) atoms. The Morgan fingerprint density at radius 1 is 0.767 bits per heavy atom. The number of hydrogen-bond acceptors (Lipinski definition) is 12. The molecule has 0 bridgehead atoms. The summed E-state index contributed by atoms with van der Waals surface area (Å²) < 4.78 is 7.95. The third-order valence-corrected chi connectivity index (χ3v) is 12.8. The number of likely N-dealkylation sites (tertiary alicyclic amines) is 2. The third kappa shape index (κ3) is 6.69. The van der Waals surface area contributed by atoms with Crippen molar-refractivity contribution in [1.29, 1.82) is 0 Å². The van der Waals surface area contributed by atoms with Crippen molar-refractivity contribution >= 4 is 52.1 Å². The van der Waals surface area contributed by atoms with Crippen LogP contribution in [-0.2, 0) is 14.4 Å². The lowest BCUT2D eigenvalue weighted by molar-refractivity contribution is -0.144. The highest BCUT2D eigenvalue weighted by Gasteiger charge is 2.45. The van der Waals surface area contributed by atoms with E-state index in [1.165, 1.54) is 6.33 Å². The first-order valence-electron chi connectivity index (χ1n) is 20.7. The fourth-order valence-electron chi connectivity index (χ4n) is 9.46. The molecule has 1 unspecified atom stereocenters. The lowest BCUT2D eigenvalue weighted by Gasteiger charge is -2.48. The van der Waals surface area contributed by atoms with E-state index in [1.807, 2.05) is 70.2 Å². The standard InChI is InChI=1S/C44H44N10O6/c45-39-37-38(26-6-9-32(10-7-26)60-31-4-2-1-3-5-31)49-54(40(37)47-25-46-39)29-16-20-51(21-17-29)42(57)27-23-52(24-27)28-14-18-50(19-15-28)30-8-11-33-34(22-30)44(59)53(43(33)58)35-12-13-36(55)48-41(35)56/h1-11,22,25,27-29,35H,12-21,23-24H2,(H2,45,46,47)(H,48,55,56). The zero-order chi connectivity index (χ0) is 41.1. The predicted octanol–water partition coefficient (Wildman–Crippen LogP) is 4.03. The van der Waals surface area contributed by atoms with Gasteiger partial charge in [-0.05, 0) is 86.7 Å². The second kappa shape index (κ2) is 15.2. The summed E-state index contributed by atoms with van der Waals surface area (Å²) in [5, 5.41) is 8.00. The smallest absolute Gasteiger partial charge is 0.262 e. The largest absolute Gasteiger partial charge is 0.457 e. The molecule has 4 saturated heterocycles. The van der Waals surface area contributed by atoms with Crippen LogP contribution < -0.4 is 20.7 Å². The molecule has 5 amide bonds. The SMILES string of the molecule is Nc1ncnc2c1c(-c1ccc(Oc3ccccc3)cc1)nn2C1CCN(C(=O)C2CN(C3CCN(c4ccc5c(c4)C(=O)N(C4CCC(=O)NC4=O)C5=O)CC3)C2)CC1. The molecule has 10 rings (SSSR count). The van der Waals surface area contributed by atoms with Crippen LogP contribution in [0, 0.1) is 5.92 Å². The van der Waals surface area contributed by atoms with Crippen molar-refractivity contribution in [3.63, 3.8) is 0 Å². The molecule has 2 aromatic heterocycles. The second-order valence-electron chi connectivity index (χ2n) is 16.3. The summed E-state index contributed by atoms with van der Waals surface area (Å²) in [7, 11) is 0. The molecule has 306 valence electrons. The molecule has 7 heterocycles. The number of hydrogen-bond donors (Lipinski definition) is 2. The lowest BCUT2D eigenvalue weighted by atomic mass is 9.91. The molecule has 0 saturated carbocycles. The zero-order valence-corrected chi connectivity index (χ0v) is 32.9. The van der Waals surface area contributed by atoms with E-state index in [4.69, 9.17) is 15.6 Å². The number of ether oxygens (including phenoxy) is 1. The summed E-state index contributed by atoms with van der Waals surface area (Å²) in [5.74, 6) is 0.00488. The second-order valence-corrected chi connectivity index (χ2v) is 16.3. The van der Waals surface area contributed by atoms with Gasteiger partial charge in [-0.2, -0.15) is 5.10 Å². The number of piperidine rings is 3. The van der Waals surface area contributed by atoms with Crippen molar-refractivity contribution in [3.05, 3.63) is 90.3 Å². The van der Waals surface area contributed by atoms with Gasteiger partial charge in [0, 0.05) is 63.0 Å². The summed E-state index contributed by atoms with van der Waals surface area (Å²) in [6.07, 6.45) is 5.01. The van der Waals surface area contributed by atoms with Gasteiger partial charge in [-0.15, -0.1) is 0 Å². The average molecular weight is 809 g/mol. The molecule has 0 radical (unpaired) electrons. The van der Waals surface area contributed by atoms with Crippen molar-refractivity contribution in [2.24, 2.45) is 5.92 Å². The molecular formula is C44H44N10O6. The van der Waals surface area contributed by atoms with Crippen LogP contribution in [0.2, 0.25) is 0 Å². The van der Waals surface area contributed by atoms with Gasteiger partial charge >= 0.3 is 0 Å². The van der Waals surface area contributed by atoms with Crippen molar-refractivity contribution in [3.8, 4) is 22.8 Å². The van der Waals surface area contributed by atoms with Gasteiger partial charge in [-0.1, -0.05) is 18.2 Å². The van der Waals surface area contributed by atoms with Crippen molar-refractivity contribution in [1.82, 2.24) is 39.8 Å². The minimum atomic E-state index is -0.988. The number of amides is 5. The molecular weight excluding hydrogens is 765 g/mol. The van der Waals surface area contributed by atoms with Crippen LogP contribution >= 0.6 is 0 Å². The fourth-order valence-corrected chi connectivity index (χ4v) is 9.46. The molecule has 0 spiro atoms. The third-order valence-electron chi connectivity index (χ3n) is 12.8. The van der Waals surface area contributed by atoms with Gasteiger partial charge in [0.2, 0.25) is 17.7 Å². The van der Waals surface area contributed by atoms with E-state index in [-0.39, 0.29) is 41.8 Å². The Balaban J connectivity index is 0.723. The Morgan fingerprint density at radius 2 is 1.47 bits per heavy atom. The fraction of sp³-hybridized carbons (Fsp3) is 0.364. The molecule has 16 nitrogen and oxygen atoms in total. The van der Waals surface area contributed by atoms with Crippen LogP contribution in [-0.4, -0.2) is 115 Å². The van der Waals surface area contributed by atoms with E-state index in [9.17, 15) is 24.0 Å². The molecule has 4 fully saturated rings. The average Bonchev–Trinajstić information content (AvgIpc) is 3.76. The number of benzene rings is 3. The van der Waals surface area contributed by atoms with Gasteiger partial charge in [0.15, 0.2) is 5.65 Å². The Morgan fingerprint density at radius 3 is 2.20 bits per heavy atom. The van der Waals surface area contributed by atoms with E-state index in [0.717, 1.165) is 73.8 Å². The maximum absolute atomic E-state index is 13.7. The lowest BCUT2D eigenvalue weighted by Crippen LogP contribution is -2.60. The topological polar surface area (TPSA) is 189 Å². The number of nitrogen functional groups attached to an aromatic ring is 1. The van der Waals surface area contributed by atoms with E-state index >= 15 is 0 Å². The maximum Gasteiger partial charge on any atom is 0.262 e. The van der Waals surface area contributed by atoms with E-state index < -0.39 is 29.7 Å². The van der Waals surface area contributed by atoms with Crippen LogP contribution in [0.3, 0.4) is 0 Å². The first-order valence-corrected chi connectivity index (χ1v) is 20.7. The highest BCUT2D eigenvalue weighted by molar-refractivity contribution is 6.23. The maximum atomic E-state index is 13.7. The summed E-state index contributed by atoms with van der Waals surface area (Å²) in [5.41, 5.74) is 10.1. The number of nitrogens with two attached hydrogens (primary N) is 1. The van der Waals surface area contributed by atoms with Gasteiger partial charge in [-0.25, -0.2) is 14.6 Å². The number of anilines is 2. The molecule has 5 aromatic rings. The number of fused-ring (bicyclic) bond motifs is 2. The van der Waals surface area contributed by atoms with Crippen LogP contribution in [0.15, 0.2) is 79.1 Å². The molecule has 5 aliphatic rings. The minimum Gasteiger partial charge on any atom is -0.457 e. The normalized spacial score (nSPS) is 20.7. The van der Waals surface area contributed by atoms with Gasteiger partial charge in [0.05, 0.1) is 28.5 Å². The number of carbonyl (C=O) groups excluding carboxylic acids is 5. The first kappa shape index (κ1) is 37.6. The molecule has 3 N–H and O–H groups in total. The van der Waals surface area contributed by atoms with Crippen molar-refractivity contribution in [2.45, 2.75) is 56.7 Å². The van der Waals surface area contributed by atoms with E-state index in [1.54, 1.807) is 12.1 Å². The Kier molecular flexibility index (Phi) is 9.50. The molecule has 5 aliphatic heterocycles. The molecule has 0 aliphatic carbocycles. The first-order chi connectivity index (χ1) is 29.2. The molecule has 3 aromatic carbocycles. The highest BCUT2D eigenvalue weighted by Crippen LogP contribution is 2.37. The number of carbonyl (C=O) groups is 5. The number of aromatic nitrogens is 4. The number of imide groups is 2. The van der Waals surface area contributed by atoms with Crippen LogP contribution in [0.1, 0.15) is 65.3 Å². The summed E-state index contributed by atoms with van der Waals surface area (Å²) >= 11 is 0. The Labute approximate surface area is 345 Å². The summed E-state index contributed by atoms with van der Waals surface area (Å²) in [4.78, 5) is 80.8. The summed E-state index contributed by atoms with van der Waals surface area (Å²) in [6.45, 7) is 4.32. The van der Waals surface area contributed by atoms with Gasteiger partial charge < -0.3 is 20.3 Å². The Bertz CT molecular complexity index is 2520. The van der Waals surface area contributed by atoms with E-state index in [0.29, 0.717) is 47.4 Å².